The fourth-order valence-electron chi connectivity index (χ4n) is 3.01. The van der Waals surface area contributed by atoms with Crippen LogP contribution in [0, 0.1) is 0 Å². The predicted molar refractivity (Wildman–Crippen MR) is 83.6 cm³/mol. The van der Waals surface area contributed by atoms with Crippen LogP contribution in [0.1, 0.15) is 19.3 Å². The lowest BCUT2D eigenvalue weighted by atomic mass is 10.0. The number of aryl methyl sites for hydroxylation is 1. The average molecular weight is 294 g/mol. The summed E-state index contributed by atoms with van der Waals surface area (Å²) >= 11 is 2.03. The standard InChI is InChI=1S/C14H22N4OS/c1-17-7-5-15-13(14(17)19)18-6-2-3-11(9-18)16-12-4-8-20-10-12/h5,7,11-12,16H,2-4,6,8-10H2,1H3/t11-,12-/m0/s1. The molecule has 0 spiro atoms. The fourth-order valence-corrected chi connectivity index (χ4v) is 4.17. The van der Waals surface area contributed by atoms with E-state index >= 15 is 0 Å². The van der Waals surface area contributed by atoms with Crippen LogP contribution in [-0.2, 0) is 7.05 Å². The summed E-state index contributed by atoms with van der Waals surface area (Å²) in [6, 6.07) is 1.13. The summed E-state index contributed by atoms with van der Waals surface area (Å²) in [7, 11) is 1.78. The molecule has 0 aromatic carbocycles. The molecule has 2 atom stereocenters. The van der Waals surface area contributed by atoms with Gasteiger partial charge in [0.25, 0.3) is 5.56 Å². The molecule has 110 valence electrons. The molecule has 2 aliphatic rings. The molecular formula is C14H22N4OS. The van der Waals surface area contributed by atoms with Crippen LogP contribution in [0.2, 0.25) is 0 Å². The van der Waals surface area contributed by atoms with Gasteiger partial charge in [-0.05, 0) is 25.0 Å². The highest BCUT2D eigenvalue weighted by Gasteiger charge is 2.26. The van der Waals surface area contributed by atoms with Crippen LogP contribution in [0.15, 0.2) is 17.2 Å². The summed E-state index contributed by atoms with van der Waals surface area (Å²) in [5, 5.41) is 3.75. The predicted octanol–water partition coefficient (Wildman–Crippen LogP) is 0.844. The van der Waals surface area contributed by atoms with Crippen LogP contribution in [0.5, 0.6) is 0 Å². The smallest absolute Gasteiger partial charge is 0.293 e. The molecule has 1 aromatic rings. The molecule has 1 N–H and O–H groups in total. The van der Waals surface area contributed by atoms with E-state index < -0.39 is 0 Å². The van der Waals surface area contributed by atoms with Crippen molar-refractivity contribution in [2.45, 2.75) is 31.3 Å². The van der Waals surface area contributed by atoms with Crippen LogP contribution >= 0.6 is 11.8 Å². The molecule has 0 unspecified atom stereocenters. The maximum Gasteiger partial charge on any atom is 0.293 e. The minimum absolute atomic E-state index is 0.00423. The van der Waals surface area contributed by atoms with Gasteiger partial charge < -0.3 is 14.8 Å². The Morgan fingerprint density at radius 1 is 1.40 bits per heavy atom. The Labute approximate surface area is 123 Å². The molecule has 0 aliphatic carbocycles. The van der Waals surface area contributed by atoms with Crippen molar-refractivity contribution < 1.29 is 0 Å². The number of nitrogens with one attached hydrogen (secondary N) is 1. The quantitative estimate of drug-likeness (QED) is 0.895. The second-order valence-corrected chi connectivity index (χ2v) is 6.83. The zero-order valence-electron chi connectivity index (χ0n) is 11.9. The van der Waals surface area contributed by atoms with Crippen LogP contribution in [0.4, 0.5) is 5.82 Å². The number of nitrogens with zero attached hydrogens (tertiary/aromatic N) is 3. The molecule has 2 aliphatic heterocycles. The molecule has 2 saturated heterocycles. The molecule has 5 nitrogen and oxygen atoms in total. The SMILES string of the molecule is Cn1ccnc(N2CCC[C@H](N[C@H]3CCSC3)C2)c1=O. The minimum Gasteiger partial charge on any atom is -0.350 e. The number of thioether (sulfide) groups is 1. The highest BCUT2D eigenvalue weighted by atomic mass is 32.2. The van der Waals surface area contributed by atoms with Crippen LogP contribution in [0.3, 0.4) is 0 Å². The highest BCUT2D eigenvalue weighted by Crippen LogP contribution is 2.20. The van der Waals surface area contributed by atoms with Crippen molar-refractivity contribution in [1.29, 1.82) is 0 Å². The van der Waals surface area contributed by atoms with Gasteiger partial charge in [-0.25, -0.2) is 4.98 Å². The van der Waals surface area contributed by atoms with Crippen molar-refractivity contribution in [1.82, 2.24) is 14.9 Å². The van der Waals surface area contributed by atoms with Crippen molar-refractivity contribution in [2.24, 2.45) is 7.05 Å². The normalized spacial score (nSPS) is 26.9. The summed E-state index contributed by atoms with van der Waals surface area (Å²) in [4.78, 5) is 18.6. The number of rotatable bonds is 3. The molecule has 0 bridgehead atoms. The van der Waals surface area contributed by atoms with Crippen LogP contribution < -0.4 is 15.8 Å². The molecule has 2 fully saturated rings. The second kappa shape index (κ2) is 6.18. The first-order valence-corrected chi connectivity index (χ1v) is 8.50. The van der Waals surface area contributed by atoms with Crippen molar-refractivity contribution in [3.63, 3.8) is 0 Å². The Kier molecular flexibility index (Phi) is 4.31. The second-order valence-electron chi connectivity index (χ2n) is 5.68. The van der Waals surface area contributed by atoms with E-state index in [2.05, 4.69) is 15.2 Å². The molecule has 3 heterocycles. The number of piperidine rings is 1. The zero-order chi connectivity index (χ0) is 13.9. The first kappa shape index (κ1) is 13.9. The Hall–Kier alpha value is -1.01. The van der Waals surface area contributed by atoms with E-state index in [0.29, 0.717) is 17.9 Å². The molecular weight excluding hydrogens is 272 g/mol. The molecule has 0 radical (unpaired) electrons. The van der Waals surface area contributed by atoms with E-state index in [-0.39, 0.29) is 5.56 Å². The monoisotopic (exact) mass is 294 g/mol. The largest absolute Gasteiger partial charge is 0.350 e. The summed E-state index contributed by atoms with van der Waals surface area (Å²) in [6.45, 7) is 1.83. The Morgan fingerprint density at radius 3 is 3.10 bits per heavy atom. The Balaban J connectivity index is 1.68. The van der Waals surface area contributed by atoms with Gasteiger partial charge >= 0.3 is 0 Å². The third-order valence-corrected chi connectivity index (χ3v) is 5.28. The third-order valence-electron chi connectivity index (χ3n) is 4.12. The lowest BCUT2D eigenvalue weighted by Crippen LogP contribution is -2.50. The number of hydrogen-bond donors (Lipinski definition) is 1. The first-order valence-electron chi connectivity index (χ1n) is 7.34. The number of hydrogen-bond acceptors (Lipinski definition) is 5. The summed E-state index contributed by atoms with van der Waals surface area (Å²) in [5.41, 5.74) is 0.00423. The van der Waals surface area contributed by atoms with E-state index in [9.17, 15) is 4.79 Å². The molecule has 20 heavy (non-hydrogen) atoms. The lowest BCUT2D eigenvalue weighted by molar-refractivity contribution is 0.385. The Bertz CT molecular complexity index is 512. The molecule has 0 saturated carbocycles. The van der Waals surface area contributed by atoms with E-state index in [4.69, 9.17) is 0 Å². The van der Waals surface area contributed by atoms with Gasteiger partial charge in [0.2, 0.25) is 0 Å². The third kappa shape index (κ3) is 3.01. The van der Waals surface area contributed by atoms with Crippen LogP contribution in [-0.4, -0.2) is 46.2 Å². The topological polar surface area (TPSA) is 50.2 Å². The number of aromatic nitrogens is 2. The van der Waals surface area contributed by atoms with Crippen molar-refractivity contribution in [2.75, 3.05) is 29.5 Å². The lowest BCUT2D eigenvalue weighted by Gasteiger charge is -2.35. The van der Waals surface area contributed by atoms with Gasteiger partial charge in [0.05, 0.1) is 0 Å². The molecule has 1 aromatic heterocycles. The van der Waals surface area contributed by atoms with Crippen molar-refractivity contribution in [3.8, 4) is 0 Å². The van der Waals surface area contributed by atoms with Gasteiger partial charge in [0.15, 0.2) is 5.82 Å². The maximum atomic E-state index is 12.2. The zero-order valence-corrected chi connectivity index (χ0v) is 12.7. The van der Waals surface area contributed by atoms with Crippen LogP contribution in [0.25, 0.3) is 0 Å². The fraction of sp³-hybridized carbons (Fsp3) is 0.714. The average Bonchev–Trinajstić information content (AvgIpc) is 2.95. The molecule has 6 heteroatoms. The van der Waals surface area contributed by atoms with Gasteiger partial charge in [-0.15, -0.1) is 0 Å². The maximum absolute atomic E-state index is 12.2. The van der Waals surface area contributed by atoms with Crippen molar-refractivity contribution >= 4 is 17.6 Å². The molecule has 0 amide bonds. The highest BCUT2D eigenvalue weighted by molar-refractivity contribution is 7.99. The van der Waals surface area contributed by atoms with Crippen molar-refractivity contribution in [3.05, 3.63) is 22.7 Å². The van der Waals surface area contributed by atoms with Gasteiger partial charge in [0.1, 0.15) is 0 Å². The summed E-state index contributed by atoms with van der Waals surface area (Å²) in [6.07, 6.45) is 7.01. The van der Waals surface area contributed by atoms with E-state index in [0.717, 1.165) is 19.5 Å². The van der Waals surface area contributed by atoms with E-state index in [1.165, 1.54) is 24.3 Å². The van der Waals surface area contributed by atoms with Gasteiger partial charge in [-0.1, -0.05) is 0 Å². The first-order chi connectivity index (χ1) is 9.74. The summed E-state index contributed by atoms with van der Waals surface area (Å²) < 4.78 is 1.60. The van der Waals surface area contributed by atoms with E-state index in [1.54, 1.807) is 24.0 Å². The van der Waals surface area contributed by atoms with Gasteiger partial charge in [0, 0.05) is 50.4 Å². The van der Waals surface area contributed by atoms with Gasteiger partial charge in [-0.2, -0.15) is 11.8 Å². The summed E-state index contributed by atoms with van der Waals surface area (Å²) in [5.74, 6) is 3.10. The number of anilines is 1. The van der Waals surface area contributed by atoms with E-state index in [1.807, 2.05) is 11.8 Å². The van der Waals surface area contributed by atoms with Gasteiger partial charge in [-0.3, -0.25) is 4.79 Å². The minimum atomic E-state index is 0.00423. The Morgan fingerprint density at radius 2 is 2.30 bits per heavy atom. The molecule has 3 rings (SSSR count).